The largest absolute Gasteiger partial charge is 0.310 e. The molecular weight excluding hydrogens is 675 g/mol. The molecule has 2 aliphatic rings. The van der Waals surface area contributed by atoms with Crippen molar-refractivity contribution < 1.29 is 0 Å². The second-order valence-corrected chi connectivity index (χ2v) is 16.3. The van der Waals surface area contributed by atoms with Crippen molar-refractivity contribution in [2.45, 2.75) is 57.3 Å². The first-order chi connectivity index (χ1) is 27.6. The molecule has 0 bridgehead atoms. The zero-order chi connectivity index (χ0) is 37.6. The average Bonchev–Trinajstić information content (AvgIpc) is 3.50. The molecule has 0 amide bonds. The molecule has 2 aliphatic carbocycles. The van der Waals surface area contributed by atoms with E-state index in [4.69, 9.17) is 0 Å². The molecule has 1 nitrogen and oxygen atoms in total. The Morgan fingerprint density at radius 2 is 1.02 bits per heavy atom. The number of fused-ring (bicyclic) bond motifs is 4. The van der Waals surface area contributed by atoms with Gasteiger partial charge in [0.25, 0.3) is 0 Å². The molecule has 0 aliphatic heterocycles. The standard InChI is InChI=1S/C55H47N/c1-55(2)50-29-13-12-25-48(50)49-36-35-44(37-51(49)55)56(52-30-15-24-41-23-14-26-47(54(41)52)40-21-10-5-11-22-40)43-33-31-42(32-34-43)53-45(38-17-6-3-7-18-38)27-16-28-46(53)39-19-8-4-9-20-39/h3-4,6-9,12-20,23-37,40H,5,10-11,21-22H2,1-2H3. The third-order valence-corrected chi connectivity index (χ3v) is 12.7. The smallest absolute Gasteiger partial charge is 0.0542 e. The molecule has 8 aromatic carbocycles. The van der Waals surface area contributed by atoms with Crippen LogP contribution in [0.4, 0.5) is 17.1 Å². The van der Waals surface area contributed by atoms with E-state index >= 15 is 0 Å². The summed E-state index contributed by atoms with van der Waals surface area (Å²) in [6.07, 6.45) is 6.49. The van der Waals surface area contributed by atoms with Crippen LogP contribution < -0.4 is 4.90 Å². The molecule has 0 atom stereocenters. The topological polar surface area (TPSA) is 3.24 Å². The van der Waals surface area contributed by atoms with E-state index in [1.807, 2.05) is 0 Å². The maximum absolute atomic E-state index is 2.54. The maximum Gasteiger partial charge on any atom is 0.0542 e. The number of rotatable bonds is 7. The van der Waals surface area contributed by atoms with Crippen LogP contribution in [0.3, 0.4) is 0 Å². The highest BCUT2D eigenvalue weighted by Gasteiger charge is 2.36. The molecule has 1 fully saturated rings. The van der Waals surface area contributed by atoms with Gasteiger partial charge in [-0.3, -0.25) is 0 Å². The van der Waals surface area contributed by atoms with Crippen molar-refractivity contribution in [2.24, 2.45) is 0 Å². The Labute approximate surface area is 331 Å². The van der Waals surface area contributed by atoms with Gasteiger partial charge in [-0.1, -0.05) is 185 Å². The van der Waals surface area contributed by atoms with Crippen LogP contribution in [0.5, 0.6) is 0 Å². The van der Waals surface area contributed by atoms with Crippen LogP contribution in [0, 0.1) is 0 Å². The average molecular weight is 722 g/mol. The number of hydrogen-bond acceptors (Lipinski definition) is 1. The third kappa shape index (κ3) is 5.85. The maximum atomic E-state index is 2.54. The summed E-state index contributed by atoms with van der Waals surface area (Å²) < 4.78 is 0. The van der Waals surface area contributed by atoms with E-state index in [0.29, 0.717) is 5.92 Å². The lowest BCUT2D eigenvalue weighted by Gasteiger charge is -2.31. The Morgan fingerprint density at radius 1 is 0.446 bits per heavy atom. The highest BCUT2D eigenvalue weighted by atomic mass is 15.1. The van der Waals surface area contributed by atoms with Crippen molar-refractivity contribution in [3.8, 4) is 44.5 Å². The van der Waals surface area contributed by atoms with Crippen LogP contribution in [-0.2, 0) is 5.41 Å². The first kappa shape index (κ1) is 34.3. The Kier molecular flexibility index (Phi) is 8.67. The van der Waals surface area contributed by atoms with Gasteiger partial charge in [0.15, 0.2) is 0 Å². The fourth-order valence-corrected chi connectivity index (χ4v) is 9.91. The van der Waals surface area contributed by atoms with E-state index in [2.05, 4.69) is 201 Å². The zero-order valence-electron chi connectivity index (χ0n) is 32.4. The van der Waals surface area contributed by atoms with Crippen molar-refractivity contribution >= 4 is 27.8 Å². The summed E-state index contributed by atoms with van der Waals surface area (Å²) in [6.45, 7) is 4.77. The van der Waals surface area contributed by atoms with Gasteiger partial charge in [-0.25, -0.2) is 0 Å². The van der Waals surface area contributed by atoms with Crippen molar-refractivity contribution in [1.82, 2.24) is 0 Å². The number of hydrogen-bond donors (Lipinski definition) is 0. The summed E-state index contributed by atoms with van der Waals surface area (Å²) in [4.78, 5) is 2.54. The zero-order valence-corrected chi connectivity index (χ0v) is 32.4. The Hall–Kier alpha value is -6.18. The fourth-order valence-electron chi connectivity index (χ4n) is 9.91. The van der Waals surface area contributed by atoms with E-state index < -0.39 is 0 Å². The minimum Gasteiger partial charge on any atom is -0.310 e. The SMILES string of the molecule is CC1(C)c2ccccc2-c2ccc(N(c3ccc(-c4c(-c5ccccc5)cccc4-c4ccccc4)cc3)c3cccc4cccc(C5CCCCC5)c34)cc21. The lowest BCUT2D eigenvalue weighted by Crippen LogP contribution is -2.17. The Balaban J connectivity index is 1.18. The molecule has 0 saturated heterocycles. The second kappa shape index (κ2) is 14.2. The second-order valence-electron chi connectivity index (χ2n) is 16.3. The molecule has 1 saturated carbocycles. The van der Waals surface area contributed by atoms with Crippen LogP contribution in [0.15, 0.2) is 182 Å². The predicted molar refractivity (Wildman–Crippen MR) is 238 cm³/mol. The normalized spacial score (nSPS) is 14.7. The van der Waals surface area contributed by atoms with Gasteiger partial charge in [0, 0.05) is 22.2 Å². The molecule has 0 unspecified atom stereocenters. The van der Waals surface area contributed by atoms with E-state index in [1.165, 1.54) is 115 Å². The first-order valence-electron chi connectivity index (χ1n) is 20.5. The summed E-state index contributed by atoms with van der Waals surface area (Å²) >= 11 is 0. The molecule has 0 aromatic heterocycles. The Morgan fingerprint density at radius 3 is 1.71 bits per heavy atom. The van der Waals surface area contributed by atoms with Gasteiger partial charge >= 0.3 is 0 Å². The molecule has 0 heterocycles. The molecule has 10 rings (SSSR count). The highest BCUT2D eigenvalue weighted by Crippen LogP contribution is 2.52. The molecule has 0 radical (unpaired) electrons. The van der Waals surface area contributed by atoms with Crippen LogP contribution in [-0.4, -0.2) is 0 Å². The minimum absolute atomic E-state index is 0.0987. The minimum atomic E-state index is -0.0987. The molecule has 8 aromatic rings. The fraction of sp³-hybridized carbons (Fsp3) is 0.164. The molecular formula is C55H47N. The Bertz CT molecular complexity index is 2620. The van der Waals surface area contributed by atoms with E-state index in [1.54, 1.807) is 0 Å². The molecule has 0 N–H and O–H groups in total. The first-order valence-corrected chi connectivity index (χ1v) is 20.5. The van der Waals surface area contributed by atoms with E-state index in [9.17, 15) is 0 Å². The number of anilines is 3. The van der Waals surface area contributed by atoms with Crippen LogP contribution >= 0.6 is 0 Å². The number of benzene rings is 8. The summed E-state index contributed by atoms with van der Waals surface area (Å²) in [5.41, 5.74) is 17.9. The summed E-state index contributed by atoms with van der Waals surface area (Å²) in [6, 6.07) is 67.8. The molecule has 272 valence electrons. The van der Waals surface area contributed by atoms with Crippen molar-refractivity contribution in [3.63, 3.8) is 0 Å². The molecule has 1 heteroatoms. The number of nitrogens with zero attached hydrogens (tertiary/aromatic N) is 1. The monoisotopic (exact) mass is 721 g/mol. The molecule has 0 spiro atoms. The molecule has 56 heavy (non-hydrogen) atoms. The third-order valence-electron chi connectivity index (χ3n) is 12.7. The van der Waals surface area contributed by atoms with Gasteiger partial charge in [-0.15, -0.1) is 0 Å². The van der Waals surface area contributed by atoms with Crippen LogP contribution in [0.1, 0.15) is 68.6 Å². The van der Waals surface area contributed by atoms with Crippen LogP contribution in [0.25, 0.3) is 55.3 Å². The van der Waals surface area contributed by atoms with Gasteiger partial charge < -0.3 is 4.90 Å². The van der Waals surface area contributed by atoms with Gasteiger partial charge in [-0.05, 0) is 116 Å². The van der Waals surface area contributed by atoms with Gasteiger partial charge in [0.05, 0.1) is 5.69 Å². The predicted octanol–water partition coefficient (Wildman–Crippen LogP) is 15.7. The summed E-state index contributed by atoms with van der Waals surface area (Å²) in [7, 11) is 0. The van der Waals surface area contributed by atoms with E-state index in [-0.39, 0.29) is 5.41 Å². The van der Waals surface area contributed by atoms with Gasteiger partial charge in [0.1, 0.15) is 0 Å². The van der Waals surface area contributed by atoms with Gasteiger partial charge in [-0.2, -0.15) is 0 Å². The van der Waals surface area contributed by atoms with Crippen molar-refractivity contribution in [2.75, 3.05) is 4.90 Å². The quantitative estimate of drug-likeness (QED) is 0.158. The van der Waals surface area contributed by atoms with Crippen LogP contribution in [0.2, 0.25) is 0 Å². The lowest BCUT2D eigenvalue weighted by atomic mass is 9.81. The van der Waals surface area contributed by atoms with Crippen molar-refractivity contribution in [1.29, 1.82) is 0 Å². The van der Waals surface area contributed by atoms with E-state index in [0.717, 1.165) is 5.69 Å². The highest BCUT2D eigenvalue weighted by molar-refractivity contribution is 6.02. The van der Waals surface area contributed by atoms with Gasteiger partial charge in [0.2, 0.25) is 0 Å². The summed E-state index contributed by atoms with van der Waals surface area (Å²) in [5.74, 6) is 0.581. The lowest BCUT2D eigenvalue weighted by molar-refractivity contribution is 0.445. The summed E-state index contributed by atoms with van der Waals surface area (Å²) in [5, 5.41) is 2.69. The van der Waals surface area contributed by atoms with Crippen molar-refractivity contribution in [3.05, 3.63) is 199 Å².